The van der Waals surface area contributed by atoms with Crippen molar-refractivity contribution in [3.63, 3.8) is 0 Å². The fourth-order valence-corrected chi connectivity index (χ4v) is 3.49. The van der Waals surface area contributed by atoms with Crippen LogP contribution in [0, 0.1) is 11.8 Å². The van der Waals surface area contributed by atoms with Crippen LogP contribution < -0.4 is 10.6 Å². The average Bonchev–Trinajstić information content (AvgIpc) is 2.64. The molecule has 1 aliphatic carbocycles. The molecule has 1 fully saturated rings. The molecule has 0 heterocycles. The second-order valence-corrected chi connectivity index (χ2v) is 7.49. The highest BCUT2D eigenvalue weighted by atomic mass is 35.5. The van der Waals surface area contributed by atoms with Crippen LogP contribution in [0.5, 0.6) is 0 Å². The molecule has 1 saturated carbocycles. The van der Waals surface area contributed by atoms with E-state index in [9.17, 15) is 14.4 Å². The molecule has 0 spiro atoms. The number of amides is 2. The molecule has 0 radical (unpaired) electrons. The molecular formula is C20H27ClN2O4. The highest BCUT2D eigenvalue weighted by Crippen LogP contribution is 2.29. The van der Waals surface area contributed by atoms with Crippen molar-refractivity contribution in [2.24, 2.45) is 11.8 Å². The van der Waals surface area contributed by atoms with E-state index in [0.29, 0.717) is 22.4 Å². The molecule has 3 unspecified atom stereocenters. The normalized spacial score (nSPS) is 22.0. The summed E-state index contributed by atoms with van der Waals surface area (Å²) in [7, 11) is 0. The number of benzene rings is 1. The van der Waals surface area contributed by atoms with Gasteiger partial charge in [-0.05, 0) is 30.4 Å². The topological polar surface area (TPSA) is 84.5 Å². The van der Waals surface area contributed by atoms with Gasteiger partial charge in [-0.25, -0.2) is 0 Å². The van der Waals surface area contributed by atoms with Crippen LogP contribution >= 0.6 is 11.6 Å². The highest BCUT2D eigenvalue weighted by Gasteiger charge is 2.28. The lowest BCUT2D eigenvalue weighted by molar-refractivity contribution is -0.148. The largest absolute Gasteiger partial charge is 0.456 e. The van der Waals surface area contributed by atoms with E-state index in [-0.39, 0.29) is 37.4 Å². The number of rotatable bonds is 7. The number of hydrogen-bond acceptors (Lipinski definition) is 4. The van der Waals surface area contributed by atoms with Crippen molar-refractivity contribution in [2.75, 3.05) is 13.2 Å². The fraction of sp³-hybridized carbons (Fsp3) is 0.550. The first-order chi connectivity index (χ1) is 12.9. The lowest BCUT2D eigenvalue weighted by atomic mass is 9.78. The Bertz CT molecular complexity index is 680. The Morgan fingerprint density at radius 2 is 1.93 bits per heavy atom. The van der Waals surface area contributed by atoms with Crippen LogP contribution in [-0.2, 0) is 14.3 Å². The third kappa shape index (κ3) is 6.54. The van der Waals surface area contributed by atoms with E-state index in [4.69, 9.17) is 16.3 Å². The number of nitrogens with one attached hydrogen (secondary N) is 2. The molecule has 1 aromatic rings. The van der Waals surface area contributed by atoms with Gasteiger partial charge < -0.3 is 15.4 Å². The second kappa shape index (κ2) is 10.3. The number of carbonyl (C=O) groups is 3. The first-order valence-corrected chi connectivity index (χ1v) is 9.74. The first-order valence-electron chi connectivity index (χ1n) is 9.36. The Hall–Kier alpha value is -2.08. The minimum absolute atomic E-state index is 0.0136. The maximum absolute atomic E-state index is 12.0. The quantitative estimate of drug-likeness (QED) is 0.696. The highest BCUT2D eigenvalue weighted by molar-refractivity contribution is 6.33. The summed E-state index contributed by atoms with van der Waals surface area (Å²) in [6.45, 7) is 4.15. The summed E-state index contributed by atoms with van der Waals surface area (Å²) >= 11 is 5.95. The first kappa shape index (κ1) is 21.2. The van der Waals surface area contributed by atoms with E-state index in [1.165, 1.54) is 6.42 Å². The van der Waals surface area contributed by atoms with Crippen LogP contribution in [0.2, 0.25) is 5.02 Å². The minimum atomic E-state index is -0.533. The summed E-state index contributed by atoms with van der Waals surface area (Å²) < 4.78 is 4.99. The van der Waals surface area contributed by atoms with Gasteiger partial charge in [0.05, 0.1) is 17.0 Å². The summed E-state index contributed by atoms with van der Waals surface area (Å²) in [5, 5.41) is 5.91. The van der Waals surface area contributed by atoms with Gasteiger partial charge in [-0.2, -0.15) is 0 Å². The number of ether oxygens (including phenoxy) is 1. The van der Waals surface area contributed by atoms with Gasteiger partial charge >= 0.3 is 5.97 Å². The van der Waals surface area contributed by atoms with Crippen molar-refractivity contribution in [2.45, 2.75) is 45.6 Å². The Kier molecular flexibility index (Phi) is 8.10. The lowest BCUT2D eigenvalue weighted by Crippen LogP contribution is -2.45. The Balaban J connectivity index is 1.65. The van der Waals surface area contributed by atoms with Gasteiger partial charge in [0.25, 0.3) is 11.8 Å². The standard InChI is InChI=1S/C20H27ClN2O4/c1-13-6-5-9-17(14(13)2)23-18(24)12-27-19(25)10-11-22-20(26)15-7-3-4-8-16(15)21/h3-4,7-8,13-14,17H,5-6,9-12H2,1-2H3,(H,22,26)(H,23,24). The average molecular weight is 395 g/mol. The molecule has 2 amide bonds. The molecule has 0 saturated heterocycles. The minimum Gasteiger partial charge on any atom is -0.456 e. The Morgan fingerprint density at radius 3 is 2.67 bits per heavy atom. The predicted molar refractivity (Wildman–Crippen MR) is 103 cm³/mol. The maximum Gasteiger partial charge on any atom is 0.308 e. The van der Waals surface area contributed by atoms with Crippen molar-refractivity contribution in [1.82, 2.24) is 10.6 Å². The molecular weight excluding hydrogens is 368 g/mol. The monoisotopic (exact) mass is 394 g/mol. The smallest absolute Gasteiger partial charge is 0.308 e. The third-order valence-corrected chi connectivity index (χ3v) is 5.48. The molecule has 2 N–H and O–H groups in total. The Labute approximate surface area is 165 Å². The molecule has 27 heavy (non-hydrogen) atoms. The zero-order valence-corrected chi connectivity index (χ0v) is 16.6. The molecule has 1 aliphatic rings. The van der Waals surface area contributed by atoms with Crippen LogP contribution in [0.1, 0.15) is 49.9 Å². The van der Waals surface area contributed by atoms with E-state index in [1.54, 1.807) is 24.3 Å². The molecule has 7 heteroatoms. The Morgan fingerprint density at radius 1 is 1.19 bits per heavy atom. The van der Waals surface area contributed by atoms with Crippen molar-refractivity contribution in [3.8, 4) is 0 Å². The van der Waals surface area contributed by atoms with Crippen molar-refractivity contribution in [1.29, 1.82) is 0 Å². The van der Waals surface area contributed by atoms with Crippen LogP contribution in [0.15, 0.2) is 24.3 Å². The van der Waals surface area contributed by atoms with Crippen molar-refractivity contribution in [3.05, 3.63) is 34.9 Å². The van der Waals surface area contributed by atoms with E-state index in [2.05, 4.69) is 24.5 Å². The summed E-state index contributed by atoms with van der Waals surface area (Å²) in [5.41, 5.74) is 0.350. The zero-order chi connectivity index (χ0) is 19.8. The maximum atomic E-state index is 12.0. The van der Waals surface area contributed by atoms with E-state index >= 15 is 0 Å². The van der Waals surface area contributed by atoms with Crippen LogP contribution in [0.4, 0.5) is 0 Å². The molecule has 0 aromatic heterocycles. The molecule has 0 aliphatic heterocycles. The van der Waals surface area contributed by atoms with E-state index < -0.39 is 5.97 Å². The number of carbonyl (C=O) groups excluding carboxylic acids is 3. The molecule has 1 aromatic carbocycles. The van der Waals surface area contributed by atoms with Crippen molar-refractivity contribution >= 4 is 29.4 Å². The third-order valence-electron chi connectivity index (χ3n) is 5.15. The van der Waals surface area contributed by atoms with Gasteiger partial charge in [-0.15, -0.1) is 0 Å². The van der Waals surface area contributed by atoms with Crippen LogP contribution in [0.25, 0.3) is 0 Å². The molecule has 0 bridgehead atoms. The zero-order valence-electron chi connectivity index (χ0n) is 15.8. The molecule has 2 rings (SSSR count). The van der Waals surface area contributed by atoms with Gasteiger partial charge in [0.1, 0.15) is 0 Å². The SMILES string of the molecule is CC1CCCC(NC(=O)COC(=O)CCNC(=O)c2ccccc2Cl)C1C. The van der Waals surface area contributed by atoms with E-state index in [1.807, 2.05) is 0 Å². The van der Waals surface area contributed by atoms with E-state index in [0.717, 1.165) is 12.8 Å². The predicted octanol–water partition coefficient (Wildman–Crippen LogP) is 2.94. The van der Waals surface area contributed by atoms with Gasteiger partial charge in [0.15, 0.2) is 6.61 Å². The fourth-order valence-electron chi connectivity index (χ4n) is 3.27. The molecule has 6 nitrogen and oxygen atoms in total. The summed E-state index contributed by atoms with van der Waals surface area (Å²) in [6, 6.07) is 6.80. The van der Waals surface area contributed by atoms with Gasteiger partial charge in [-0.3, -0.25) is 14.4 Å². The van der Waals surface area contributed by atoms with Crippen LogP contribution in [-0.4, -0.2) is 37.0 Å². The van der Waals surface area contributed by atoms with Gasteiger partial charge in [0, 0.05) is 12.6 Å². The molecule has 3 atom stereocenters. The van der Waals surface area contributed by atoms with Gasteiger partial charge in [-0.1, -0.05) is 50.4 Å². The van der Waals surface area contributed by atoms with Crippen LogP contribution in [0.3, 0.4) is 0 Å². The number of halogens is 1. The number of hydrogen-bond donors (Lipinski definition) is 2. The van der Waals surface area contributed by atoms with Gasteiger partial charge in [0.2, 0.25) is 0 Å². The number of esters is 1. The summed E-state index contributed by atoms with van der Waals surface area (Å²) in [6.07, 6.45) is 3.23. The molecule has 148 valence electrons. The summed E-state index contributed by atoms with van der Waals surface area (Å²) in [4.78, 5) is 35.7. The lowest BCUT2D eigenvalue weighted by Gasteiger charge is -2.34. The van der Waals surface area contributed by atoms with Crippen molar-refractivity contribution < 1.29 is 19.1 Å². The summed E-state index contributed by atoms with van der Waals surface area (Å²) in [5.74, 6) is -0.178. The second-order valence-electron chi connectivity index (χ2n) is 7.09.